The van der Waals surface area contributed by atoms with Crippen LogP contribution >= 0.6 is 0 Å². The molecular weight excluding hydrogens is 230 g/mol. The summed E-state index contributed by atoms with van der Waals surface area (Å²) in [6.45, 7) is 2.99. The molecule has 0 saturated carbocycles. The van der Waals surface area contributed by atoms with E-state index in [4.69, 9.17) is 4.74 Å². The first-order valence-corrected chi connectivity index (χ1v) is 6.50. The van der Waals surface area contributed by atoms with Crippen LogP contribution in [0.15, 0.2) is 18.5 Å². The molecule has 1 aliphatic heterocycles. The Kier molecular flexibility index (Phi) is 4.50. The highest BCUT2D eigenvalue weighted by molar-refractivity contribution is 5.78. The Morgan fingerprint density at radius 1 is 1.44 bits per heavy atom. The van der Waals surface area contributed by atoms with Gasteiger partial charge in [0.15, 0.2) is 6.61 Å². The number of aromatic nitrogens is 2. The molecule has 2 heterocycles. The summed E-state index contributed by atoms with van der Waals surface area (Å²) in [4.78, 5) is 21.9. The number of piperidine rings is 1. The van der Waals surface area contributed by atoms with Crippen LogP contribution < -0.4 is 4.74 Å². The molecule has 1 atom stereocenters. The van der Waals surface area contributed by atoms with Crippen molar-refractivity contribution < 1.29 is 9.53 Å². The molecule has 1 amide bonds. The zero-order valence-electron chi connectivity index (χ0n) is 10.7. The third-order valence-electron chi connectivity index (χ3n) is 3.29. The van der Waals surface area contributed by atoms with Crippen molar-refractivity contribution >= 4 is 5.91 Å². The molecule has 5 nitrogen and oxygen atoms in total. The Bertz CT molecular complexity index is 383. The number of nitrogens with zero attached hydrogens (tertiary/aromatic N) is 3. The summed E-state index contributed by atoms with van der Waals surface area (Å²) < 4.78 is 5.30. The lowest BCUT2D eigenvalue weighted by atomic mass is 10.00. The van der Waals surface area contributed by atoms with Crippen molar-refractivity contribution in [1.82, 2.24) is 14.9 Å². The van der Waals surface area contributed by atoms with Crippen LogP contribution in [0, 0.1) is 0 Å². The van der Waals surface area contributed by atoms with Gasteiger partial charge in [-0.1, -0.05) is 6.92 Å². The minimum Gasteiger partial charge on any atom is -0.453 e. The van der Waals surface area contributed by atoms with E-state index in [0.29, 0.717) is 6.04 Å². The van der Waals surface area contributed by atoms with Gasteiger partial charge in [-0.3, -0.25) is 4.79 Å². The number of carbonyl (C=O) groups excluding carboxylic acids is 1. The van der Waals surface area contributed by atoms with Gasteiger partial charge >= 0.3 is 6.01 Å². The van der Waals surface area contributed by atoms with E-state index in [0.717, 1.165) is 25.8 Å². The van der Waals surface area contributed by atoms with Crippen molar-refractivity contribution in [3.63, 3.8) is 0 Å². The third kappa shape index (κ3) is 3.18. The van der Waals surface area contributed by atoms with Gasteiger partial charge in [-0.25, -0.2) is 9.97 Å². The summed E-state index contributed by atoms with van der Waals surface area (Å²) in [5.41, 5.74) is 0. The molecule has 0 aromatic carbocycles. The fourth-order valence-electron chi connectivity index (χ4n) is 2.32. The highest BCUT2D eigenvalue weighted by Crippen LogP contribution is 2.19. The zero-order chi connectivity index (χ0) is 12.8. The van der Waals surface area contributed by atoms with E-state index >= 15 is 0 Å². The minimum absolute atomic E-state index is 0.0283. The number of ether oxygens (including phenoxy) is 1. The predicted molar refractivity (Wildman–Crippen MR) is 67.2 cm³/mol. The number of likely N-dealkylation sites (tertiary alicyclic amines) is 1. The van der Waals surface area contributed by atoms with Gasteiger partial charge in [-0.2, -0.15) is 0 Å². The van der Waals surface area contributed by atoms with E-state index in [9.17, 15) is 4.79 Å². The van der Waals surface area contributed by atoms with Gasteiger partial charge in [0.25, 0.3) is 5.91 Å². The Labute approximate surface area is 107 Å². The SMILES string of the molecule is CCC1CCCCN1C(=O)COc1ncccn1. The number of amides is 1. The lowest BCUT2D eigenvalue weighted by molar-refractivity contribution is -0.137. The molecule has 2 rings (SSSR count). The molecule has 18 heavy (non-hydrogen) atoms. The van der Waals surface area contributed by atoms with E-state index in [-0.39, 0.29) is 18.5 Å². The normalized spacial score (nSPS) is 19.6. The van der Waals surface area contributed by atoms with Gasteiger partial charge in [0.05, 0.1) is 0 Å². The molecular formula is C13H19N3O2. The molecule has 1 aromatic rings. The van der Waals surface area contributed by atoms with Gasteiger partial charge in [0, 0.05) is 25.0 Å². The number of hydrogen-bond acceptors (Lipinski definition) is 4. The Morgan fingerprint density at radius 2 is 2.22 bits per heavy atom. The molecule has 1 aromatic heterocycles. The van der Waals surface area contributed by atoms with Crippen molar-refractivity contribution in [2.24, 2.45) is 0 Å². The first kappa shape index (κ1) is 12.8. The van der Waals surface area contributed by atoms with E-state index in [1.54, 1.807) is 18.5 Å². The highest BCUT2D eigenvalue weighted by Gasteiger charge is 2.25. The van der Waals surface area contributed by atoms with Crippen LogP contribution in [0.3, 0.4) is 0 Å². The average molecular weight is 249 g/mol. The van der Waals surface area contributed by atoms with Gasteiger partial charge < -0.3 is 9.64 Å². The van der Waals surface area contributed by atoms with Crippen LogP contribution in [0.5, 0.6) is 6.01 Å². The highest BCUT2D eigenvalue weighted by atomic mass is 16.5. The van der Waals surface area contributed by atoms with Crippen molar-refractivity contribution in [3.05, 3.63) is 18.5 Å². The first-order valence-electron chi connectivity index (χ1n) is 6.50. The summed E-state index contributed by atoms with van der Waals surface area (Å²) in [6.07, 6.45) is 7.61. The molecule has 98 valence electrons. The largest absolute Gasteiger partial charge is 0.453 e. The topological polar surface area (TPSA) is 55.3 Å². The maximum atomic E-state index is 12.1. The number of carbonyl (C=O) groups is 1. The Morgan fingerprint density at radius 3 is 2.94 bits per heavy atom. The monoisotopic (exact) mass is 249 g/mol. The van der Waals surface area contributed by atoms with Gasteiger partial charge in [0.2, 0.25) is 0 Å². The molecule has 0 bridgehead atoms. The second-order valence-corrected chi connectivity index (χ2v) is 4.47. The van der Waals surface area contributed by atoms with Gasteiger partial charge in [-0.05, 0) is 31.7 Å². The molecule has 0 N–H and O–H groups in total. The Hall–Kier alpha value is -1.65. The maximum Gasteiger partial charge on any atom is 0.316 e. The van der Waals surface area contributed by atoms with Crippen molar-refractivity contribution in [2.45, 2.75) is 38.6 Å². The van der Waals surface area contributed by atoms with Crippen LogP contribution in [0.2, 0.25) is 0 Å². The molecule has 1 fully saturated rings. The lowest BCUT2D eigenvalue weighted by Crippen LogP contribution is -2.45. The van der Waals surface area contributed by atoms with Crippen molar-refractivity contribution in [1.29, 1.82) is 0 Å². The average Bonchev–Trinajstić information content (AvgIpc) is 2.45. The molecule has 0 radical (unpaired) electrons. The second-order valence-electron chi connectivity index (χ2n) is 4.47. The summed E-state index contributed by atoms with van der Waals surface area (Å²) in [5, 5.41) is 0. The first-order chi connectivity index (χ1) is 8.81. The minimum atomic E-state index is 0.0283. The van der Waals surface area contributed by atoms with E-state index in [1.165, 1.54) is 6.42 Å². The van der Waals surface area contributed by atoms with Crippen molar-refractivity contribution in [2.75, 3.05) is 13.2 Å². The summed E-state index contributed by atoms with van der Waals surface area (Å²) in [6, 6.07) is 2.34. The molecule has 1 unspecified atom stereocenters. The second kappa shape index (κ2) is 6.33. The van der Waals surface area contributed by atoms with Crippen molar-refractivity contribution in [3.8, 4) is 6.01 Å². The molecule has 1 aliphatic rings. The predicted octanol–water partition coefficient (Wildman–Crippen LogP) is 1.65. The van der Waals surface area contributed by atoms with Crippen LogP contribution in [0.25, 0.3) is 0 Å². The molecule has 0 aliphatic carbocycles. The maximum absolute atomic E-state index is 12.1. The molecule has 0 spiro atoms. The smallest absolute Gasteiger partial charge is 0.316 e. The van der Waals surface area contributed by atoms with Crippen LogP contribution in [0.4, 0.5) is 0 Å². The number of rotatable bonds is 4. The van der Waals surface area contributed by atoms with E-state index in [2.05, 4.69) is 16.9 Å². The molecule has 5 heteroatoms. The summed E-state index contributed by atoms with van der Waals surface area (Å²) in [5.74, 6) is 0.0361. The summed E-state index contributed by atoms with van der Waals surface area (Å²) >= 11 is 0. The van der Waals surface area contributed by atoms with E-state index in [1.807, 2.05) is 4.90 Å². The van der Waals surface area contributed by atoms with Gasteiger partial charge in [0.1, 0.15) is 0 Å². The van der Waals surface area contributed by atoms with Crippen LogP contribution in [0.1, 0.15) is 32.6 Å². The van der Waals surface area contributed by atoms with E-state index < -0.39 is 0 Å². The molecule has 1 saturated heterocycles. The van der Waals surface area contributed by atoms with Crippen LogP contribution in [-0.4, -0.2) is 40.0 Å². The fourth-order valence-corrected chi connectivity index (χ4v) is 2.32. The fraction of sp³-hybridized carbons (Fsp3) is 0.615. The van der Waals surface area contributed by atoms with Gasteiger partial charge in [-0.15, -0.1) is 0 Å². The van der Waals surface area contributed by atoms with Crippen LogP contribution in [-0.2, 0) is 4.79 Å². The third-order valence-corrected chi connectivity index (χ3v) is 3.29. The Balaban J connectivity index is 1.87. The standard InChI is InChI=1S/C13H19N3O2/c1-2-11-6-3-4-9-16(11)12(17)10-18-13-14-7-5-8-15-13/h5,7-8,11H,2-4,6,9-10H2,1H3. The number of hydrogen-bond donors (Lipinski definition) is 0. The summed E-state index contributed by atoms with van der Waals surface area (Å²) in [7, 11) is 0. The zero-order valence-corrected chi connectivity index (χ0v) is 10.7. The quantitative estimate of drug-likeness (QED) is 0.814. The lowest BCUT2D eigenvalue weighted by Gasteiger charge is -2.35.